The Bertz CT molecular complexity index is 2260. The molecule has 2 aliphatic heterocycles. The summed E-state index contributed by atoms with van der Waals surface area (Å²) >= 11 is 0. The molecule has 0 bridgehead atoms. The van der Waals surface area contributed by atoms with E-state index in [1.54, 1.807) is 0 Å². The summed E-state index contributed by atoms with van der Waals surface area (Å²) in [5.41, 5.74) is 23.6. The van der Waals surface area contributed by atoms with Crippen molar-refractivity contribution in [3.8, 4) is 0 Å². The molecule has 0 saturated carbocycles. The molecule has 4 aromatic rings. The number of primary amides is 2. The highest BCUT2D eigenvalue weighted by Crippen LogP contribution is 2.35. The van der Waals surface area contributed by atoms with Crippen LogP contribution in [0.3, 0.4) is 0 Å². The van der Waals surface area contributed by atoms with Crippen molar-refractivity contribution in [3.63, 3.8) is 0 Å². The van der Waals surface area contributed by atoms with Gasteiger partial charge in [-0.05, 0) is 85.6 Å². The number of nitrogens with two attached hydrogens (primary N) is 4. The maximum atomic E-state index is 13.8. The number of amides is 4. The van der Waals surface area contributed by atoms with Crippen LogP contribution in [0.2, 0.25) is 0 Å². The molecule has 0 spiro atoms. The molecule has 4 heterocycles. The fourth-order valence-electron chi connectivity index (χ4n) is 7.12. The first kappa shape index (κ1) is 45.7. The third kappa shape index (κ3) is 11.0. The van der Waals surface area contributed by atoms with E-state index in [1.807, 2.05) is 0 Å². The van der Waals surface area contributed by atoms with Gasteiger partial charge in [-0.15, -0.1) is 0 Å². The van der Waals surface area contributed by atoms with Crippen molar-refractivity contribution in [1.29, 1.82) is 0 Å². The number of nitrogens with one attached hydrogen (secondary N) is 3. The summed E-state index contributed by atoms with van der Waals surface area (Å²) in [6.45, 7) is 1.37. The Balaban J connectivity index is 1.06. The van der Waals surface area contributed by atoms with E-state index in [0.29, 0.717) is 48.5 Å². The minimum Gasteiger partial charge on any atom is -0.364 e. The van der Waals surface area contributed by atoms with Crippen LogP contribution in [0.4, 0.5) is 37.7 Å². The van der Waals surface area contributed by atoms with Crippen molar-refractivity contribution >= 4 is 35.0 Å². The van der Waals surface area contributed by atoms with Crippen molar-refractivity contribution in [2.45, 2.75) is 37.3 Å². The van der Waals surface area contributed by atoms with Gasteiger partial charge in [0.15, 0.2) is 0 Å². The number of alkyl halides is 6. The standard InChI is InChI=1S/C42H43F6N11O4/c43-41(44,45)25-5-1-7-27(17-25)56-31-21-58(39(62)33(31)35(49)23-9-11-29(37(51)60)54-19-23)15-3-13-53-14-4-16-59-22-32(57-28-8-2-6-26(18-28)42(46,47)48)34(40(59)63)36(50)24-10-12-30(38(52)61)55-20-24/h1-2,5-12,17-20,35-36,53,56-57H,3-4,13-16,21-22,49-50H2,(H2,51,60)(H2,52,61)/t35-,36-/m1/s1. The molecule has 11 N–H and O–H groups in total. The molecule has 6 rings (SSSR count). The second kappa shape index (κ2) is 19.1. The second-order valence-electron chi connectivity index (χ2n) is 14.7. The molecule has 15 nitrogen and oxygen atoms in total. The number of rotatable bonds is 18. The van der Waals surface area contributed by atoms with E-state index in [2.05, 4.69) is 25.9 Å². The van der Waals surface area contributed by atoms with Crippen LogP contribution >= 0.6 is 0 Å². The van der Waals surface area contributed by atoms with Crippen LogP contribution in [0, 0.1) is 0 Å². The molecular weight excluding hydrogens is 837 g/mol. The van der Waals surface area contributed by atoms with E-state index in [1.165, 1.54) is 70.7 Å². The smallest absolute Gasteiger partial charge is 0.364 e. The molecule has 4 amide bonds. The Morgan fingerprint density at radius 3 is 1.37 bits per heavy atom. The normalized spacial score (nSPS) is 15.6. The Kier molecular flexibility index (Phi) is 13.8. The van der Waals surface area contributed by atoms with Crippen LogP contribution < -0.4 is 38.9 Å². The number of carbonyl (C=O) groups excluding carboxylic acids is 4. The lowest BCUT2D eigenvalue weighted by atomic mass is 9.99. The van der Waals surface area contributed by atoms with E-state index >= 15 is 0 Å². The summed E-state index contributed by atoms with van der Waals surface area (Å²) in [5, 5.41) is 9.18. The van der Waals surface area contributed by atoms with Gasteiger partial charge in [0, 0.05) is 48.3 Å². The molecule has 2 aromatic carbocycles. The van der Waals surface area contributed by atoms with Crippen LogP contribution in [0.5, 0.6) is 0 Å². The minimum absolute atomic E-state index is 0.0155. The number of halogens is 6. The number of anilines is 2. The average molecular weight is 880 g/mol. The van der Waals surface area contributed by atoms with E-state index in [0.717, 1.165) is 24.3 Å². The van der Waals surface area contributed by atoms with Gasteiger partial charge in [0.25, 0.3) is 23.6 Å². The van der Waals surface area contributed by atoms with E-state index in [4.69, 9.17) is 22.9 Å². The lowest BCUT2D eigenvalue weighted by Crippen LogP contribution is -2.34. The van der Waals surface area contributed by atoms with E-state index < -0.39 is 59.2 Å². The molecule has 63 heavy (non-hydrogen) atoms. The fourth-order valence-corrected chi connectivity index (χ4v) is 7.12. The van der Waals surface area contributed by atoms with Crippen molar-refractivity contribution in [1.82, 2.24) is 25.1 Å². The number of hydrogen-bond donors (Lipinski definition) is 7. The maximum Gasteiger partial charge on any atom is 0.416 e. The highest BCUT2D eigenvalue weighted by molar-refractivity contribution is 6.00. The van der Waals surface area contributed by atoms with Crippen LogP contribution in [0.15, 0.2) is 108 Å². The molecule has 21 heteroatoms. The Morgan fingerprint density at radius 1 is 0.635 bits per heavy atom. The van der Waals surface area contributed by atoms with Crippen molar-refractivity contribution < 1.29 is 45.5 Å². The first-order valence-corrected chi connectivity index (χ1v) is 19.5. The molecule has 332 valence electrons. The van der Waals surface area contributed by atoms with Crippen LogP contribution in [-0.2, 0) is 21.9 Å². The Morgan fingerprint density at radius 2 is 1.03 bits per heavy atom. The molecule has 0 fully saturated rings. The monoisotopic (exact) mass is 879 g/mol. The zero-order chi connectivity index (χ0) is 45.6. The van der Waals surface area contributed by atoms with Crippen LogP contribution in [0.1, 0.15) is 68.2 Å². The number of aromatic nitrogens is 2. The topological polar surface area (TPSA) is 241 Å². The van der Waals surface area contributed by atoms with Gasteiger partial charge in [0.1, 0.15) is 11.4 Å². The van der Waals surface area contributed by atoms with Crippen molar-refractivity contribution in [2.75, 3.05) is 49.9 Å². The summed E-state index contributed by atoms with van der Waals surface area (Å²) in [7, 11) is 0. The van der Waals surface area contributed by atoms with Gasteiger partial charge >= 0.3 is 12.4 Å². The molecule has 0 saturated heterocycles. The van der Waals surface area contributed by atoms with Crippen LogP contribution in [0.25, 0.3) is 0 Å². The Labute approximate surface area is 356 Å². The predicted octanol–water partition coefficient (Wildman–Crippen LogP) is 4.20. The molecular formula is C42H43F6N11O4. The fraction of sp³-hybridized carbons (Fsp3) is 0.286. The average Bonchev–Trinajstić information content (AvgIpc) is 3.72. The first-order valence-electron chi connectivity index (χ1n) is 19.5. The van der Waals surface area contributed by atoms with Crippen LogP contribution in [-0.4, -0.2) is 82.7 Å². The third-order valence-corrected chi connectivity index (χ3v) is 10.3. The van der Waals surface area contributed by atoms with Crippen molar-refractivity contribution in [2.24, 2.45) is 22.9 Å². The van der Waals surface area contributed by atoms with Gasteiger partial charge in [-0.2, -0.15) is 26.3 Å². The molecule has 2 aliphatic rings. The quantitative estimate of drug-likeness (QED) is 0.0552. The number of hydrogen-bond acceptors (Lipinski definition) is 11. The van der Waals surface area contributed by atoms with Gasteiger partial charge in [0.05, 0.1) is 47.4 Å². The Hall–Kier alpha value is -6.84. The summed E-state index contributed by atoms with van der Waals surface area (Å²) < 4.78 is 81.0. The minimum atomic E-state index is -4.60. The molecule has 0 unspecified atom stereocenters. The molecule has 2 atom stereocenters. The largest absolute Gasteiger partial charge is 0.416 e. The summed E-state index contributed by atoms with van der Waals surface area (Å²) in [6, 6.07) is 12.6. The second-order valence-corrected chi connectivity index (χ2v) is 14.7. The summed E-state index contributed by atoms with van der Waals surface area (Å²) in [5.74, 6) is -2.42. The third-order valence-electron chi connectivity index (χ3n) is 10.3. The zero-order valence-corrected chi connectivity index (χ0v) is 33.4. The zero-order valence-electron chi connectivity index (χ0n) is 33.4. The molecule has 0 radical (unpaired) electrons. The van der Waals surface area contributed by atoms with Gasteiger partial charge in [-0.1, -0.05) is 24.3 Å². The number of carbonyl (C=O) groups is 4. The number of benzene rings is 2. The number of nitrogens with zero attached hydrogens (tertiary/aromatic N) is 4. The summed E-state index contributed by atoms with van der Waals surface area (Å²) in [6.07, 6.45) is -5.68. The summed E-state index contributed by atoms with van der Waals surface area (Å²) in [4.78, 5) is 61.7. The number of pyridine rings is 2. The van der Waals surface area contributed by atoms with Gasteiger partial charge < -0.3 is 48.7 Å². The van der Waals surface area contributed by atoms with Gasteiger partial charge in [-0.3, -0.25) is 29.1 Å². The molecule has 0 aliphatic carbocycles. The SMILES string of the molecule is NC(=O)c1ccc([C@@H](N)C2=C(Nc3cccc(C(F)(F)F)c3)CN(CCCNCCCN3CC(Nc4cccc(C(F)(F)F)c4)=C([C@H](N)c4ccc(C(N)=O)nc4)C3=O)C2=O)cn1. The maximum absolute atomic E-state index is 13.8. The van der Waals surface area contributed by atoms with Gasteiger partial charge in [0.2, 0.25) is 0 Å². The van der Waals surface area contributed by atoms with Gasteiger partial charge in [-0.25, -0.2) is 0 Å². The van der Waals surface area contributed by atoms with Crippen molar-refractivity contribution in [3.05, 3.63) is 141 Å². The highest BCUT2D eigenvalue weighted by atomic mass is 19.4. The predicted molar refractivity (Wildman–Crippen MR) is 219 cm³/mol. The molecule has 2 aromatic heterocycles. The van der Waals surface area contributed by atoms with E-state index in [9.17, 15) is 45.5 Å². The lowest BCUT2D eigenvalue weighted by Gasteiger charge is -2.19. The first-order chi connectivity index (χ1) is 29.8. The lowest BCUT2D eigenvalue weighted by molar-refractivity contribution is -0.138. The highest BCUT2D eigenvalue weighted by Gasteiger charge is 2.37. The van der Waals surface area contributed by atoms with E-state index in [-0.39, 0.29) is 60.1 Å².